The molecule has 0 aliphatic rings. The van der Waals surface area contributed by atoms with Gasteiger partial charge in [0.1, 0.15) is 11.3 Å². The van der Waals surface area contributed by atoms with Crippen molar-refractivity contribution in [1.82, 2.24) is 0 Å². The minimum absolute atomic E-state index is 0.0627. The summed E-state index contributed by atoms with van der Waals surface area (Å²) < 4.78 is 65.0. The highest BCUT2D eigenvalue weighted by atomic mass is 16.5. The van der Waals surface area contributed by atoms with E-state index in [1.165, 1.54) is 0 Å². The van der Waals surface area contributed by atoms with E-state index in [-0.39, 0.29) is 35.4 Å². The van der Waals surface area contributed by atoms with E-state index in [4.69, 9.17) is 23.7 Å². The summed E-state index contributed by atoms with van der Waals surface area (Å²) in [6.45, 7) is 0. The van der Waals surface area contributed by atoms with E-state index >= 15 is 0 Å². The van der Waals surface area contributed by atoms with Gasteiger partial charge in [0.05, 0.1) is 9.60 Å². The van der Waals surface area contributed by atoms with E-state index in [9.17, 15) is 0 Å². The van der Waals surface area contributed by atoms with E-state index in [0.717, 1.165) is 0 Å². The lowest BCUT2D eigenvalue weighted by molar-refractivity contribution is 0.451. The summed E-state index contributed by atoms with van der Waals surface area (Å²) in [4.78, 5) is 0. The Morgan fingerprint density at radius 1 is 1.12 bits per heavy atom. The zero-order valence-electron chi connectivity index (χ0n) is 14.8. The fourth-order valence-corrected chi connectivity index (χ4v) is 1.44. The molecule has 4 heteroatoms. The summed E-state index contributed by atoms with van der Waals surface area (Å²) >= 11 is 0. The van der Waals surface area contributed by atoms with E-state index in [0.29, 0.717) is 0 Å². The SMILES string of the molecule is [2H]c1c([2H])c([2H])c2c(oc3c(O[B]O)c([2H])c([2H])c([2H])c32)c1[2H]. The van der Waals surface area contributed by atoms with Gasteiger partial charge in [-0.15, -0.1) is 0 Å². The molecule has 0 amide bonds. The van der Waals surface area contributed by atoms with Crippen molar-refractivity contribution in [2.75, 3.05) is 0 Å². The molecule has 0 fully saturated rings. The molecule has 0 saturated carbocycles. The molecule has 0 aliphatic carbocycles. The fourth-order valence-electron chi connectivity index (χ4n) is 1.44. The molecule has 1 aromatic heterocycles. The molecule has 77 valence electrons. The van der Waals surface area contributed by atoms with Gasteiger partial charge in [0.25, 0.3) is 0 Å². The molecule has 0 bridgehead atoms. The summed E-state index contributed by atoms with van der Waals surface area (Å²) in [6, 6.07) is -3.27. The topological polar surface area (TPSA) is 42.6 Å². The number of hydrogen-bond acceptors (Lipinski definition) is 3. The maximum absolute atomic E-state index is 8.82. The summed E-state index contributed by atoms with van der Waals surface area (Å²) in [5.41, 5.74) is -0.393. The van der Waals surface area contributed by atoms with Crippen LogP contribution in [0.15, 0.2) is 46.7 Å². The van der Waals surface area contributed by atoms with Gasteiger partial charge in [0, 0.05) is 10.8 Å². The molecular formula is C12H8BO3. The van der Waals surface area contributed by atoms with Crippen LogP contribution in [0.2, 0.25) is 0 Å². The van der Waals surface area contributed by atoms with Crippen LogP contribution in [-0.4, -0.2) is 12.7 Å². The maximum Gasteiger partial charge on any atom is 0.569 e. The summed E-state index contributed by atoms with van der Waals surface area (Å²) in [6.07, 6.45) is 0. The second-order valence-corrected chi connectivity index (χ2v) is 2.94. The predicted molar refractivity (Wildman–Crippen MR) is 62.3 cm³/mol. The van der Waals surface area contributed by atoms with Crippen molar-refractivity contribution in [3.05, 3.63) is 42.3 Å². The third-order valence-corrected chi connectivity index (χ3v) is 2.07. The number of benzene rings is 2. The summed E-state index contributed by atoms with van der Waals surface area (Å²) in [7, 11) is 0.290. The third kappa shape index (κ3) is 1.27. The van der Waals surface area contributed by atoms with Crippen molar-refractivity contribution in [2.45, 2.75) is 0 Å². The molecule has 0 atom stereocenters. The summed E-state index contributed by atoms with van der Waals surface area (Å²) in [5, 5.41) is 8.69. The third-order valence-electron chi connectivity index (χ3n) is 2.07. The number of rotatable bonds is 2. The molecule has 3 rings (SSSR count). The van der Waals surface area contributed by atoms with Crippen LogP contribution in [0.4, 0.5) is 0 Å². The van der Waals surface area contributed by atoms with Crippen molar-refractivity contribution in [2.24, 2.45) is 0 Å². The Kier molecular flexibility index (Phi) is 1.01. The van der Waals surface area contributed by atoms with Crippen LogP contribution < -0.4 is 4.65 Å². The van der Waals surface area contributed by atoms with Crippen LogP contribution in [0.3, 0.4) is 0 Å². The van der Waals surface area contributed by atoms with Crippen LogP contribution in [0, 0.1) is 0 Å². The number of hydrogen-bond donors (Lipinski definition) is 1. The van der Waals surface area contributed by atoms with Gasteiger partial charge in [-0.1, -0.05) is 30.2 Å². The molecule has 1 heterocycles. The average molecular weight is 218 g/mol. The molecule has 2 aromatic carbocycles. The molecule has 1 radical (unpaired) electrons. The van der Waals surface area contributed by atoms with E-state index < -0.39 is 42.3 Å². The van der Waals surface area contributed by atoms with Crippen molar-refractivity contribution in [3.8, 4) is 5.75 Å². The largest absolute Gasteiger partial charge is 0.569 e. The van der Waals surface area contributed by atoms with Gasteiger partial charge in [-0.05, 0) is 12.1 Å². The Bertz CT molecular complexity index is 969. The standard InChI is InChI=1S/C12H8BO3/c14-13-16-11-7-3-5-9-8-4-1-2-6-10(8)15-12(9)11/h1-7,14H/i1D,2D,3D,4D,5D,6D,7D. The monoisotopic (exact) mass is 218 g/mol. The number of fused-ring (bicyclic) bond motifs is 3. The molecule has 16 heavy (non-hydrogen) atoms. The smallest absolute Gasteiger partial charge is 0.535 e. The first kappa shape index (κ1) is 4.51. The lowest BCUT2D eigenvalue weighted by Gasteiger charge is -2.00. The van der Waals surface area contributed by atoms with E-state index in [2.05, 4.69) is 0 Å². The van der Waals surface area contributed by atoms with Crippen LogP contribution in [0.1, 0.15) is 9.60 Å². The van der Waals surface area contributed by atoms with Crippen LogP contribution in [-0.2, 0) is 0 Å². The Balaban J connectivity index is 2.65. The Morgan fingerprint density at radius 3 is 2.81 bits per heavy atom. The molecular weight excluding hydrogens is 203 g/mol. The molecule has 0 spiro atoms. The fraction of sp³-hybridized carbons (Fsp3) is 0. The van der Waals surface area contributed by atoms with Gasteiger partial charge in [-0.3, -0.25) is 0 Å². The second-order valence-electron chi connectivity index (χ2n) is 2.94. The minimum atomic E-state index is -0.510. The quantitative estimate of drug-likeness (QED) is 0.672. The normalized spacial score (nSPS) is 16.9. The Morgan fingerprint density at radius 2 is 1.94 bits per heavy atom. The highest BCUT2D eigenvalue weighted by Gasteiger charge is 2.10. The highest BCUT2D eigenvalue weighted by molar-refractivity contribution is 6.18. The van der Waals surface area contributed by atoms with Crippen molar-refractivity contribution >= 4 is 29.6 Å². The Labute approximate surface area is 102 Å². The van der Waals surface area contributed by atoms with Crippen molar-refractivity contribution in [1.29, 1.82) is 0 Å². The molecule has 3 nitrogen and oxygen atoms in total. The highest BCUT2D eigenvalue weighted by Crippen LogP contribution is 2.34. The van der Waals surface area contributed by atoms with Gasteiger partial charge in [-0.25, -0.2) is 0 Å². The minimum Gasteiger partial charge on any atom is -0.535 e. The van der Waals surface area contributed by atoms with Crippen LogP contribution in [0.5, 0.6) is 5.75 Å². The van der Waals surface area contributed by atoms with Crippen molar-refractivity contribution < 1.29 is 23.7 Å². The van der Waals surface area contributed by atoms with Crippen LogP contribution in [0.25, 0.3) is 21.9 Å². The first-order chi connectivity index (χ1) is 10.8. The molecule has 1 N–H and O–H groups in total. The Hall–Kier alpha value is -1.94. The second kappa shape index (κ2) is 3.57. The van der Waals surface area contributed by atoms with Gasteiger partial charge >= 0.3 is 7.69 Å². The van der Waals surface area contributed by atoms with Crippen molar-refractivity contribution in [3.63, 3.8) is 0 Å². The first-order valence-electron chi connectivity index (χ1n) is 7.86. The zero-order valence-corrected chi connectivity index (χ0v) is 7.84. The number of furan rings is 1. The molecule has 3 aromatic rings. The van der Waals surface area contributed by atoms with E-state index in [1.54, 1.807) is 0 Å². The van der Waals surface area contributed by atoms with Gasteiger partial charge in [0.15, 0.2) is 5.58 Å². The zero-order chi connectivity index (χ0) is 17.0. The van der Waals surface area contributed by atoms with E-state index in [1.807, 2.05) is 0 Å². The number of para-hydroxylation sites is 2. The lowest BCUT2D eigenvalue weighted by Crippen LogP contribution is -1.99. The molecule has 0 unspecified atom stereocenters. The molecule has 0 saturated heterocycles. The average Bonchev–Trinajstić information content (AvgIpc) is 2.93. The lowest BCUT2D eigenvalue weighted by atomic mass is 10.1. The van der Waals surface area contributed by atoms with Gasteiger partial charge in [0.2, 0.25) is 0 Å². The van der Waals surface area contributed by atoms with Crippen LogP contribution >= 0.6 is 0 Å². The van der Waals surface area contributed by atoms with Gasteiger partial charge in [-0.2, -0.15) is 0 Å². The maximum atomic E-state index is 8.82. The predicted octanol–water partition coefficient (Wildman–Crippen LogP) is 2.49. The summed E-state index contributed by atoms with van der Waals surface area (Å²) in [5.74, 6) is -0.337. The molecule has 0 aliphatic heterocycles. The van der Waals surface area contributed by atoms with Gasteiger partial charge < -0.3 is 14.1 Å². The first-order valence-corrected chi connectivity index (χ1v) is 4.36.